The van der Waals surface area contributed by atoms with Crippen LogP contribution in [0, 0.1) is 0 Å². The van der Waals surface area contributed by atoms with Gasteiger partial charge in [-0.15, -0.1) is 5.10 Å². The molecular weight excluding hydrogens is 174 g/mol. The molecule has 0 bridgehead atoms. The molecule has 3 nitrogen and oxygen atoms in total. The van der Waals surface area contributed by atoms with E-state index >= 15 is 0 Å². The third kappa shape index (κ3) is 3.48. The van der Waals surface area contributed by atoms with Gasteiger partial charge in [0.2, 0.25) is 0 Å². The van der Waals surface area contributed by atoms with Crippen molar-refractivity contribution in [2.45, 2.75) is 58.9 Å². The van der Waals surface area contributed by atoms with Gasteiger partial charge in [0.25, 0.3) is 0 Å². The minimum Gasteiger partial charge on any atom is -0.249 e. The highest BCUT2D eigenvalue weighted by atomic mass is 15.4. The van der Waals surface area contributed by atoms with E-state index in [4.69, 9.17) is 0 Å². The van der Waals surface area contributed by atoms with Crippen LogP contribution in [0.15, 0.2) is 6.20 Å². The summed E-state index contributed by atoms with van der Waals surface area (Å²) in [5.74, 6) is 0. The summed E-state index contributed by atoms with van der Waals surface area (Å²) in [6.07, 6.45) is 9.27. The molecule has 0 N–H and O–H groups in total. The minimum absolute atomic E-state index is 1.03. The fourth-order valence-electron chi connectivity index (χ4n) is 1.53. The summed E-state index contributed by atoms with van der Waals surface area (Å²) in [5, 5.41) is 8.07. The number of aromatic nitrogens is 3. The maximum absolute atomic E-state index is 4.11. The second kappa shape index (κ2) is 6.57. The Balaban J connectivity index is 2.37. The molecule has 80 valence electrons. The first-order chi connectivity index (χ1) is 6.88. The molecule has 1 aromatic rings. The molecule has 0 aliphatic rings. The number of nitrogens with zero attached hydrogens (tertiary/aromatic N) is 3. The Hall–Kier alpha value is -0.860. The Kier molecular flexibility index (Phi) is 5.27. The van der Waals surface area contributed by atoms with Gasteiger partial charge < -0.3 is 0 Å². The predicted molar refractivity (Wildman–Crippen MR) is 58.2 cm³/mol. The highest BCUT2D eigenvalue weighted by molar-refractivity contribution is 4.93. The van der Waals surface area contributed by atoms with E-state index in [0.29, 0.717) is 0 Å². The lowest BCUT2D eigenvalue weighted by atomic mass is 10.2. The molecule has 0 aliphatic carbocycles. The maximum Gasteiger partial charge on any atom is 0.0725 e. The monoisotopic (exact) mass is 195 g/mol. The van der Waals surface area contributed by atoms with Crippen LogP contribution in [0.2, 0.25) is 0 Å². The molecule has 0 saturated heterocycles. The van der Waals surface area contributed by atoms with Gasteiger partial charge in [-0.25, -0.2) is 4.68 Å². The summed E-state index contributed by atoms with van der Waals surface area (Å²) in [5.41, 5.74) is 1.29. The lowest BCUT2D eigenvalue weighted by molar-refractivity contribution is 0.516. The van der Waals surface area contributed by atoms with Crippen molar-refractivity contribution in [3.63, 3.8) is 0 Å². The zero-order chi connectivity index (χ0) is 10.2. The fraction of sp³-hybridized carbons (Fsp3) is 0.818. The molecule has 1 heterocycles. The molecular formula is C11H21N3. The van der Waals surface area contributed by atoms with E-state index in [-0.39, 0.29) is 0 Å². The number of hydrogen-bond donors (Lipinski definition) is 0. The first kappa shape index (κ1) is 11.2. The number of aryl methyl sites for hydroxylation is 2. The number of hydrogen-bond acceptors (Lipinski definition) is 2. The molecule has 3 heteroatoms. The van der Waals surface area contributed by atoms with Crippen LogP contribution in [-0.2, 0) is 13.0 Å². The van der Waals surface area contributed by atoms with Crippen molar-refractivity contribution < 1.29 is 0 Å². The molecule has 0 fully saturated rings. The van der Waals surface area contributed by atoms with Gasteiger partial charge in [-0.3, -0.25) is 0 Å². The van der Waals surface area contributed by atoms with Crippen molar-refractivity contribution in [1.82, 2.24) is 15.0 Å². The van der Waals surface area contributed by atoms with Crippen molar-refractivity contribution in [3.8, 4) is 0 Å². The van der Waals surface area contributed by atoms with Crippen LogP contribution in [0.25, 0.3) is 0 Å². The summed E-state index contributed by atoms with van der Waals surface area (Å²) in [6.45, 7) is 5.47. The van der Waals surface area contributed by atoms with Crippen molar-refractivity contribution >= 4 is 0 Å². The van der Waals surface area contributed by atoms with Crippen LogP contribution in [0.1, 0.15) is 51.6 Å². The molecule has 0 saturated carbocycles. The second-order valence-corrected chi connectivity index (χ2v) is 3.76. The van der Waals surface area contributed by atoms with Crippen LogP contribution in [0.5, 0.6) is 0 Å². The van der Waals surface area contributed by atoms with Gasteiger partial charge in [0.1, 0.15) is 0 Å². The van der Waals surface area contributed by atoms with Crippen LogP contribution in [0.4, 0.5) is 0 Å². The quantitative estimate of drug-likeness (QED) is 0.626. The van der Waals surface area contributed by atoms with Crippen LogP contribution in [0.3, 0.4) is 0 Å². The molecule has 0 radical (unpaired) electrons. The molecule has 0 aliphatic heterocycles. The van der Waals surface area contributed by atoms with E-state index in [1.165, 1.54) is 37.8 Å². The number of rotatable bonds is 7. The Morgan fingerprint density at radius 3 is 2.64 bits per heavy atom. The van der Waals surface area contributed by atoms with Gasteiger partial charge in [-0.05, 0) is 19.3 Å². The molecule has 0 amide bonds. The lowest BCUT2D eigenvalue weighted by Gasteiger charge is -2.04. The Morgan fingerprint density at radius 1 is 1.14 bits per heavy atom. The molecule has 1 aromatic heterocycles. The van der Waals surface area contributed by atoms with Gasteiger partial charge in [-0.2, -0.15) is 0 Å². The standard InChI is InChI=1S/C11H21N3/c1-3-5-7-9-14-11(8-6-4-2)10-12-13-14/h10H,3-9H2,1-2H3. The summed E-state index contributed by atoms with van der Waals surface area (Å²) >= 11 is 0. The summed E-state index contributed by atoms with van der Waals surface area (Å²) in [7, 11) is 0. The van der Waals surface area contributed by atoms with Gasteiger partial charge in [-0.1, -0.05) is 38.3 Å². The van der Waals surface area contributed by atoms with Gasteiger partial charge in [0, 0.05) is 6.54 Å². The van der Waals surface area contributed by atoms with Crippen molar-refractivity contribution in [3.05, 3.63) is 11.9 Å². The van der Waals surface area contributed by atoms with E-state index in [1.54, 1.807) is 0 Å². The molecule has 14 heavy (non-hydrogen) atoms. The van der Waals surface area contributed by atoms with E-state index in [0.717, 1.165) is 13.0 Å². The zero-order valence-corrected chi connectivity index (χ0v) is 9.37. The first-order valence-corrected chi connectivity index (χ1v) is 5.75. The Bertz CT molecular complexity index is 242. The number of unbranched alkanes of at least 4 members (excludes halogenated alkanes) is 3. The van der Waals surface area contributed by atoms with E-state index < -0.39 is 0 Å². The average Bonchev–Trinajstić information content (AvgIpc) is 2.63. The summed E-state index contributed by atoms with van der Waals surface area (Å²) in [6, 6.07) is 0. The molecule has 0 aromatic carbocycles. The van der Waals surface area contributed by atoms with E-state index in [1.807, 2.05) is 6.20 Å². The second-order valence-electron chi connectivity index (χ2n) is 3.76. The maximum atomic E-state index is 4.11. The topological polar surface area (TPSA) is 30.7 Å². The lowest BCUT2D eigenvalue weighted by Crippen LogP contribution is -2.05. The van der Waals surface area contributed by atoms with Gasteiger partial charge in [0.15, 0.2) is 0 Å². The largest absolute Gasteiger partial charge is 0.249 e. The van der Waals surface area contributed by atoms with Crippen molar-refractivity contribution in [2.75, 3.05) is 0 Å². The van der Waals surface area contributed by atoms with Crippen molar-refractivity contribution in [1.29, 1.82) is 0 Å². The highest BCUT2D eigenvalue weighted by Gasteiger charge is 2.01. The summed E-state index contributed by atoms with van der Waals surface area (Å²) < 4.78 is 2.06. The molecule has 0 spiro atoms. The van der Waals surface area contributed by atoms with Crippen LogP contribution >= 0.6 is 0 Å². The zero-order valence-electron chi connectivity index (χ0n) is 9.37. The Labute approximate surface area is 86.5 Å². The van der Waals surface area contributed by atoms with E-state index in [9.17, 15) is 0 Å². The van der Waals surface area contributed by atoms with Gasteiger partial charge >= 0.3 is 0 Å². The first-order valence-electron chi connectivity index (χ1n) is 5.75. The SMILES string of the molecule is CCCCCn1nncc1CCCC. The van der Waals surface area contributed by atoms with E-state index in [2.05, 4.69) is 28.8 Å². The third-order valence-corrected chi connectivity index (χ3v) is 2.46. The molecule has 0 unspecified atom stereocenters. The third-order valence-electron chi connectivity index (χ3n) is 2.46. The predicted octanol–water partition coefficient (Wildman–Crippen LogP) is 2.81. The van der Waals surface area contributed by atoms with Crippen LogP contribution < -0.4 is 0 Å². The van der Waals surface area contributed by atoms with Crippen molar-refractivity contribution in [2.24, 2.45) is 0 Å². The highest BCUT2D eigenvalue weighted by Crippen LogP contribution is 2.05. The minimum atomic E-state index is 1.03. The molecule has 1 rings (SSSR count). The average molecular weight is 195 g/mol. The fourth-order valence-corrected chi connectivity index (χ4v) is 1.53. The normalized spacial score (nSPS) is 10.7. The van der Waals surface area contributed by atoms with Gasteiger partial charge in [0.05, 0.1) is 11.9 Å². The molecule has 0 atom stereocenters. The Morgan fingerprint density at radius 2 is 1.93 bits per heavy atom. The smallest absolute Gasteiger partial charge is 0.0725 e. The van der Waals surface area contributed by atoms with Crippen LogP contribution in [-0.4, -0.2) is 15.0 Å². The summed E-state index contributed by atoms with van der Waals surface area (Å²) in [4.78, 5) is 0.